The van der Waals surface area contributed by atoms with Crippen molar-refractivity contribution < 1.29 is 22.3 Å². The van der Waals surface area contributed by atoms with E-state index >= 15 is 0 Å². The van der Waals surface area contributed by atoms with Crippen LogP contribution in [0.1, 0.15) is 16.8 Å². The molecule has 0 unspecified atom stereocenters. The molecule has 0 amide bonds. The molecule has 1 heterocycles. The van der Waals surface area contributed by atoms with Gasteiger partial charge in [0.2, 0.25) is 5.89 Å². The molecule has 0 aliphatic heterocycles. The van der Waals surface area contributed by atoms with Gasteiger partial charge in [0.1, 0.15) is 12.0 Å². The van der Waals surface area contributed by atoms with Gasteiger partial charge in [0.15, 0.2) is 0 Å². The Morgan fingerprint density at radius 2 is 1.85 bits per heavy atom. The Morgan fingerprint density at radius 1 is 1.08 bits per heavy atom. The Bertz CT molecular complexity index is 858. The van der Waals surface area contributed by atoms with E-state index in [0.29, 0.717) is 19.0 Å². The van der Waals surface area contributed by atoms with Gasteiger partial charge in [0, 0.05) is 18.7 Å². The molecule has 0 saturated carbocycles. The zero-order valence-electron chi connectivity index (χ0n) is 14.0. The summed E-state index contributed by atoms with van der Waals surface area (Å²) in [5.41, 5.74) is 3.62. The third-order valence-corrected chi connectivity index (χ3v) is 3.61. The molecule has 2 aromatic carbocycles. The number of aryl methyl sites for hydroxylation is 1. The fraction of sp³-hybridized carbons (Fsp3) is 0.211. The normalized spacial score (nSPS) is 11.5. The van der Waals surface area contributed by atoms with Gasteiger partial charge >= 0.3 is 6.36 Å². The second-order valence-corrected chi connectivity index (χ2v) is 5.81. The van der Waals surface area contributed by atoms with E-state index in [1.165, 1.54) is 12.1 Å². The van der Waals surface area contributed by atoms with Crippen LogP contribution in [0.5, 0.6) is 5.75 Å². The van der Waals surface area contributed by atoms with E-state index in [0.717, 1.165) is 22.4 Å². The van der Waals surface area contributed by atoms with E-state index in [1.807, 2.05) is 31.2 Å². The van der Waals surface area contributed by atoms with Crippen molar-refractivity contribution in [2.45, 2.75) is 26.4 Å². The molecule has 4 nitrogen and oxygen atoms in total. The minimum Gasteiger partial charge on any atom is -0.444 e. The molecule has 0 bridgehead atoms. The molecule has 0 saturated heterocycles. The van der Waals surface area contributed by atoms with Crippen LogP contribution in [0.25, 0.3) is 11.5 Å². The average Bonchev–Trinajstić information content (AvgIpc) is 3.04. The topological polar surface area (TPSA) is 47.3 Å². The number of oxazole rings is 1. The molecular weight excluding hydrogens is 345 g/mol. The summed E-state index contributed by atoms with van der Waals surface area (Å²) >= 11 is 0. The van der Waals surface area contributed by atoms with Gasteiger partial charge in [0.25, 0.3) is 0 Å². The average molecular weight is 362 g/mol. The summed E-state index contributed by atoms with van der Waals surface area (Å²) < 4.78 is 45.7. The summed E-state index contributed by atoms with van der Waals surface area (Å²) in [5, 5.41) is 3.18. The smallest absolute Gasteiger partial charge is 0.444 e. The molecule has 1 N–H and O–H groups in total. The summed E-state index contributed by atoms with van der Waals surface area (Å²) in [7, 11) is 0. The van der Waals surface area contributed by atoms with Crippen molar-refractivity contribution in [2.75, 3.05) is 0 Å². The molecule has 0 spiro atoms. The monoisotopic (exact) mass is 362 g/mol. The molecule has 7 heteroatoms. The second-order valence-electron chi connectivity index (χ2n) is 5.81. The van der Waals surface area contributed by atoms with Gasteiger partial charge in [-0.1, -0.05) is 29.8 Å². The van der Waals surface area contributed by atoms with Crippen molar-refractivity contribution in [1.82, 2.24) is 10.3 Å². The fourth-order valence-electron chi connectivity index (χ4n) is 2.44. The Kier molecular flexibility index (Phi) is 5.27. The van der Waals surface area contributed by atoms with Crippen molar-refractivity contribution in [1.29, 1.82) is 0 Å². The molecule has 0 aliphatic rings. The van der Waals surface area contributed by atoms with Crippen LogP contribution in [-0.4, -0.2) is 11.3 Å². The highest BCUT2D eigenvalue weighted by Crippen LogP contribution is 2.23. The number of hydrogen-bond acceptors (Lipinski definition) is 4. The minimum absolute atomic E-state index is 0.236. The van der Waals surface area contributed by atoms with Gasteiger partial charge in [-0.05, 0) is 36.8 Å². The third-order valence-electron chi connectivity index (χ3n) is 3.61. The maximum atomic E-state index is 12.1. The van der Waals surface area contributed by atoms with E-state index in [-0.39, 0.29) is 5.75 Å². The minimum atomic E-state index is -4.68. The van der Waals surface area contributed by atoms with Crippen LogP contribution in [0.3, 0.4) is 0 Å². The van der Waals surface area contributed by atoms with E-state index in [1.54, 1.807) is 18.4 Å². The lowest BCUT2D eigenvalue weighted by Gasteiger charge is -2.09. The van der Waals surface area contributed by atoms with Crippen molar-refractivity contribution >= 4 is 0 Å². The molecule has 1 aromatic heterocycles. The van der Waals surface area contributed by atoms with Gasteiger partial charge < -0.3 is 14.5 Å². The lowest BCUT2D eigenvalue weighted by molar-refractivity contribution is -0.274. The number of aromatic nitrogens is 1. The van der Waals surface area contributed by atoms with Crippen LogP contribution in [-0.2, 0) is 13.1 Å². The molecule has 3 rings (SSSR count). The zero-order valence-corrected chi connectivity index (χ0v) is 14.0. The second kappa shape index (κ2) is 7.61. The third kappa shape index (κ3) is 5.10. The standard InChI is InChI=1S/C19H17F3N2O2/c1-13-3-2-4-15(9-13)18-24-16(12-25-18)11-23-10-14-5-7-17(8-6-14)26-19(20,21)22/h2-9,12,23H,10-11H2,1H3. The summed E-state index contributed by atoms with van der Waals surface area (Å²) in [6.45, 7) is 2.97. The highest BCUT2D eigenvalue weighted by atomic mass is 19.4. The number of benzene rings is 2. The number of hydrogen-bond donors (Lipinski definition) is 1. The first-order valence-electron chi connectivity index (χ1n) is 7.96. The Balaban J connectivity index is 1.52. The fourth-order valence-corrected chi connectivity index (χ4v) is 2.44. The molecule has 26 heavy (non-hydrogen) atoms. The van der Waals surface area contributed by atoms with Gasteiger partial charge in [-0.2, -0.15) is 0 Å². The van der Waals surface area contributed by atoms with Crippen LogP contribution in [0, 0.1) is 6.92 Å². The van der Waals surface area contributed by atoms with Crippen LogP contribution < -0.4 is 10.1 Å². The van der Waals surface area contributed by atoms with E-state index in [4.69, 9.17) is 4.42 Å². The van der Waals surface area contributed by atoms with Gasteiger partial charge in [-0.3, -0.25) is 0 Å². The van der Waals surface area contributed by atoms with Gasteiger partial charge in [-0.15, -0.1) is 13.2 Å². The van der Waals surface area contributed by atoms with Crippen molar-refractivity contribution in [2.24, 2.45) is 0 Å². The Labute approximate surface area is 148 Å². The number of alkyl halides is 3. The van der Waals surface area contributed by atoms with Crippen LogP contribution in [0.4, 0.5) is 13.2 Å². The molecule has 3 aromatic rings. The van der Waals surface area contributed by atoms with Gasteiger partial charge in [-0.25, -0.2) is 4.98 Å². The maximum Gasteiger partial charge on any atom is 0.573 e. The van der Waals surface area contributed by atoms with Crippen LogP contribution >= 0.6 is 0 Å². The van der Waals surface area contributed by atoms with E-state index < -0.39 is 6.36 Å². The Hall–Kier alpha value is -2.80. The first-order valence-corrected chi connectivity index (χ1v) is 7.96. The first-order chi connectivity index (χ1) is 12.4. The van der Waals surface area contributed by atoms with Crippen molar-refractivity contribution in [3.05, 3.63) is 71.6 Å². The molecular formula is C19H17F3N2O2. The highest BCUT2D eigenvalue weighted by molar-refractivity contribution is 5.54. The first kappa shape index (κ1) is 18.0. The maximum absolute atomic E-state index is 12.1. The lowest BCUT2D eigenvalue weighted by Crippen LogP contribution is -2.17. The SMILES string of the molecule is Cc1cccc(-c2nc(CNCc3ccc(OC(F)(F)F)cc3)co2)c1. The molecule has 0 aliphatic carbocycles. The summed E-state index contributed by atoms with van der Waals surface area (Å²) in [4.78, 5) is 4.43. The predicted octanol–water partition coefficient (Wildman–Crippen LogP) is 4.84. The van der Waals surface area contributed by atoms with Crippen molar-refractivity contribution in [3.63, 3.8) is 0 Å². The molecule has 0 atom stereocenters. The summed E-state index contributed by atoms with van der Waals surface area (Å²) in [6, 6.07) is 13.6. The van der Waals surface area contributed by atoms with Crippen LogP contribution in [0.2, 0.25) is 0 Å². The number of nitrogens with zero attached hydrogens (tertiary/aromatic N) is 1. The van der Waals surface area contributed by atoms with Crippen molar-refractivity contribution in [3.8, 4) is 17.2 Å². The largest absolute Gasteiger partial charge is 0.573 e. The number of nitrogens with one attached hydrogen (secondary N) is 1. The highest BCUT2D eigenvalue weighted by Gasteiger charge is 2.30. The quantitative estimate of drug-likeness (QED) is 0.682. The predicted molar refractivity (Wildman–Crippen MR) is 90.3 cm³/mol. The van der Waals surface area contributed by atoms with E-state index in [2.05, 4.69) is 15.0 Å². The summed E-state index contributed by atoms with van der Waals surface area (Å²) in [6.07, 6.45) is -3.09. The number of halogens is 3. The summed E-state index contributed by atoms with van der Waals surface area (Å²) in [5.74, 6) is 0.319. The number of rotatable bonds is 6. The number of ether oxygens (including phenoxy) is 1. The van der Waals surface area contributed by atoms with Crippen LogP contribution in [0.15, 0.2) is 59.2 Å². The zero-order chi connectivity index (χ0) is 18.6. The molecule has 136 valence electrons. The van der Waals surface area contributed by atoms with Gasteiger partial charge in [0.05, 0.1) is 5.69 Å². The Morgan fingerprint density at radius 3 is 2.54 bits per heavy atom. The molecule has 0 fully saturated rings. The van der Waals surface area contributed by atoms with E-state index in [9.17, 15) is 13.2 Å². The lowest BCUT2D eigenvalue weighted by atomic mass is 10.1. The molecule has 0 radical (unpaired) electrons.